The number of hydrogen-bond acceptors (Lipinski definition) is 4. The number of nitrogens with zero attached hydrogens (tertiary/aromatic N) is 1. The minimum atomic E-state index is -0.160. The van der Waals surface area contributed by atoms with E-state index in [2.05, 4.69) is 6.58 Å². The van der Waals surface area contributed by atoms with E-state index in [0.717, 1.165) is 0 Å². The van der Waals surface area contributed by atoms with Crippen LogP contribution < -0.4 is 5.73 Å². The highest BCUT2D eigenvalue weighted by atomic mass is 16.5. The van der Waals surface area contributed by atoms with E-state index in [4.69, 9.17) is 15.6 Å². The lowest BCUT2D eigenvalue weighted by Crippen LogP contribution is -2.36. The first-order valence-electron chi connectivity index (χ1n) is 4.53. The first-order chi connectivity index (χ1) is 6.76. The van der Waals surface area contributed by atoms with E-state index in [1.165, 1.54) is 4.90 Å². The van der Waals surface area contributed by atoms with Gasteiger partial charge < -0.3 is 20.5 Å². The first kappa shape index (κ1) is 13.1. The van der Waals surface area contributed by atoms with Crippen LogP contribution in [0, 0.1) is 0 Å². The van der Waals surface area contributed by atoms with Gasteiger partial charge in [0.25, 0.3) is 0 Å². The van der Waals surface area contributed by atoms with E-state index in [1.807, 2.05) is 0 Å². The number of carbonyl (C=O) groups is 1. The van der Waals surface area contributed by atoms with Crippen molar-refractivity contribution in [3.8, 4) is 0 Å². The summed E-state index contributed by atoms with van der Waals surface area (Å²) in [5.74, 6) is -0.160. The van der Waals surface area contributed by atoms with Gasteiger partial charge in [-0.05, 0) is 0 Å². The highest BCUT2D eigenvalue weighted by molar-refractivity contribution is 5.77. The Labute approximate surface area is 84.1 Å². The molecule has 1 amide bonds. The first-order valence-corrected chi connectivity index (χ1v) is 4.53. The molecule has 0 radical (unpaired) electrons. The molecule has 0 aliphatic rings. The van der Waals surface area contributed by atoms with E-state index >= 15 is 0 Å². The van der Waals surface area contributed by atoms with E-state index in [0.29, 0.717) is 26.2 Å². The van der Waals surface area contributed by atoms with Crippen LogP contribution in [0.3, 0.4) is 0 Å². The summed E-state index contributed by atoms with van der Waals surface area (Å²) < 4.78 is 4.99. The van der Waals surface area contributed by atoms with Gasteiger partial charge in [0.1, 0.15) is 6.61 Å². The topological polar surface area (TPSA) is 75.8 Å². The molecule has 14 heavy (non-hydrogen) atoms. The molecule has 0 unspecified atom stereocenters. The van der Waals surface area contributed by atoms with Crippen molar-refractivity contribution in [3.05, 3.63) is 12.7 Å². The van der Waals surface area contributed by atoms with Crippen molar-refractivity contribution in [1.82, 2.24) is 4.90 Å². The minimum absolute atomic E-state index is 0.00500. The summed E-state index contributed by atoms with van der Waals surface area (Å²) in [4.78, 5) is 12.9. The average molecular weight is 202 g/mol. The molecule has 0 rings (SSSR count). The molecule has 0 fully saturated rings. The maximum Gasteiger partial charge on any atom is 0.248 e. The minimum Gasteiger partial charge on any atom is -0.395 e. The fourth-order valence-corrected chi connectivity index (χ4v) is 0.928. The highest BCUT2D eigenvalue weighted by Gasteiger charge is 2.10. The summed E-state index contributed by atoms with van der Waals surface area (Å²) in [6.07, 6.45) is 1.61. The molecule has 3 N–H and O–H groups in total. The molecule has 5 heteroatoms. The van der Waals surface area contributed by atoms with Gasteiger partial charge in [0.2, 0.25) is 5.91 Å². The van der Waals surface area contributed by atoms with Crippen LogP contribution in [0.1, 0.15) is 0 Å². The van der Waals surface area contributed by atoms with Gasteiger partial charge in [0.15, 0.2) is 0 Å². The lowest BCUT2D eigenvalue weighted by Gasteiger charge is -2.19. The quantitative estimate of drug-likeness (QED) is 0.390. The summed E-state index contributed by atoms with van der Waals surface area (Å²) in [7, 11) is 0. The van der Waals surface area contributed by atoms with E-state index < -0.39 is 0 Å². The van der Waals surface area contributed by atoms with Gasteiger partial charge in [-0.15, -0.1) is 6.58 Å². The molecule has 0 aromatic rings. The SMILES string of the molecule is C=CCN(CCO)C(=O)COCCN. The van der Waals surface area contributed by atoms with Crippen LogP contribution in [0.5, 0.6) is 0 Å². The van der Waals surface area contributed by atoms with Crippen molar-refractivity contribution in [2.45, 2.75) is 0 Å². The Hall–Kier alpha value is -0.910. The van der Waals surface area contributed by atoms with Crippen LogP contribution in [0.4, 0.5) is 0 Å². The summed E-state index contributed by atoms with van der Waals surface area (Å²) in [5.41, 5.74) is 5.20. The molecule has 0 aromatic heterocycles. The zero-order valence-corrected chi connectivity index (χ0v) is 8.32. The number of carbonyl (C=O) groups excluding carboxylic acids is 1. The molecular formula is C9H18N2O3. The number of nitrogens with two attached hydrogens (primary N) is 1. The van der Waals surface area contributed by atoms with Crippen LogP contribution in [0.15, 0.2) is 12.7 Å². The molecule has 5 nitrogen and oxygen atoms in total. The number of hydrogen-bond donors (Lipinski definition) is 2. The maximum atomic E-state index is 11.4. The zero-order valence-electron chi connectivity index (χ0n) is 8.32. The van der Waals surface area contributed by atoms with Crippen LogP contribution in [-0.4, -0.2) is 55.4 Å². The van der Waals surface area contributed by atoms with E-state index in [1.54, 1.807) is 6.08 Å². The second-order valence-electron chi connectivity index (χ2n) is 2.69. The van der Waals surface area contributed by atoms with Gasteiger partial charge in [-0.1, -0.05) is 6.08 Å². The Morgan fingerprint density at radius 2 is 2.36 bits per heavy atom. The van der Waals surface area contributed by atoms with Crippen LogP contribution in [-0.2, 0) is 9.53 Å². The average Bonchev–Trinajstić information content (AvgIpc) is 2.18. The molecule has 0 aliphatic carbocycles. The Morgan fingerprint density at radius 3 is 2.86 bits per heavy atom. The summed E-state index contributed by atoms with van der Waals surface area (Å²) in [6.45, 7) is 4.96. The summed E-state index contributed by atoms with van der Waals surface area (Å²) >= 11 is 0. The van der Waals surface area contributed by atoms with Gasteiger partial charge in [-0.2, -0.15) is 0 Å². The predicted molar refractivity (Wildman–Crippen MR) is 53.7 cm³/mol. The van der Waals surface area contributed by atoms with Gasteiger partial charge in [-0.25, -0.2) is 0 Å². The second kappa shape index (κ2) is 8.68. The van der Waals surface area contributed by atoms with Crippen LogP contribution in [0.2, 0.25) is 0 Å². The number of amides is 1. The van der Waals surface area contributed by atoms with Crippen molar-refractivity contribution in [1.29, 1.82) is 0 Å². The van der Waals surface area contributed by atoms with Crippen LogP contribution in [0.25, 0.3) is 0 Å². The molecule has 0 aromatic carbocycles. The second-order valence-corrected chi connectivity index (χ2v) is 2.69. The van der Waals surface area contributed by atoms with Gasteiger partial charge in [0, 0.05) is 19.6 Å². The lowest BCUT2D eigenvalue weighted by molar-refractivity contribution is -0.136. The van der Waals surface area contributed by atoms with Crippen molar-refractivity contribution < 1.29 is 14.6 Å². The fourth-order valence-electron chi connectivity index (χ4n) is 0.928. The third kappa shape index (κ3) is 5.69. The third-order valence-corrected chi connectivity index (χ3v) is 1.56. The Balaban J connectivity index is 3.81. The van der Waals surface area contributed by atoms with Crippen LogP contribution >= 0.6 is 0 Å². The number of ether oxygens (including phenoxy) is 1. The van der Waals surface area contributed by atoms with Crippen molar-refractivity contribution in [2.75, 3.05) is 39.5 Å². The molecule has 0 heterocycles. The normalized spacial score (nSPS) is 9.86. The standard InChI is InChI=1S/C9H18N2O3/c1-2-4-11(5-6-12)9(13)8-14-7-3-10/h2,12H,1,3-8,10H2. The van der Waals surface area contributed by atoms with Crippen molar-refractivity contribution in [2.24, 2.45) is 5.73 Å². The van der Waals surface area contributed by atoms with Gasteiger partial charge >= 0.3 is 0 Å². The number of aliphatic hydroxyl groups is 1. The van der Waals surface area contributed by atoms with Crippen molar-refractivity contribution in [3.63, 3.8) is 0 Å². The van der Waals surface area contributed by atoms with E-state index in [9.17, 15) is 4.79 Å². The number of rotatable bonds is 8. The lowest BCUT2D eigenvalue weighted by atomic mass is 10.4. The smallest absolute Gasteiger partial charge is 0.248 e. The Morgan fingerprint density at radius 1 is 1.64 bits per heavy atom. The molecule has 0 saturated heterocycles. The maximum absolute atomic E-state index is 11.4. The molecule has 0 atom stereocenters. The summed E-state index contributed by atoms with van der Waals surface area (Å²) in [6, 6.07) is 0. The molecule has 0 bridgehead atoms. The highest BCUT2D eigenvalue weighted by Crippen LogP contribution is 1.91. The Bertz CT molecular complexity index is 173. The zero-order chi connectivity index (χ0) is 10.8. The van der Waals surface area contributed by atoms with Crippen molar-refractivity contribution >= 4 is 5.91 Å². The predicted octanol–water partition coefficient (Wildman–Crippen LogP) is -1.03. The molecule has 0 aliphatic heterocycles. The Kier molecular flexibility index (Phi) is 8.11. The third-order valence-electron chi connectivity index (χ3n) is 1.56. The van der Waals surface area contributed by atoms with Gasteiger partial charge in [0.05, 0.1) is 13.2 Å². The van der Waals surface area contributed by atoms with Gasteiger partial charge in [-0.3, -0.25) is 4.79 Å². The molecular weight excluding hydrogens is 184 g/mol. The van der Waals surface area contributed by atoms with E-state index in [-0.39, 0.29) is 19.1 Å². The summed E-state index contributed by atoms with van der Waals surface area (Å²) in [5, 5.41) is 8.69. The largest absolute Gasteiger partial charge is 0.395 e. The molecule has 0 spiro atoms. The molecule has 0 saturated carbocycles. The number of aliphatic hydroxyl groups excluding tert-OH is 1. The monoisotopic (exact) mass is 202 g/mol. The molecule has 82 valence electrons. The fraction of sp³-hybridized carbons (Fsp3) is 0.667.